The van der Waals surface area contributed by atoms with E-state index in [4.69, 9.17) is 5.26 Å². The number of carbonyl (C=O) groups excluding carboxylic acids is 1. The molecule has 92 valence electrons. The second-order valence-corrected chi connectivity index (χ2v) is 3.92. The van der Waals surface area contributed by atoms with Crippen LogP contribution in [-0.2, 0) is 4.79 Å². The number of carbonyl (C=O) groups is 1. The molecule has 16 heavy (non-hydrogen) atoms. The fourth-order valence-corrected chi connectivity index (χ4v) is 1.30. The van der Waals surface area contributed by atoms with Crippen molar-refractivity contribution in [2.75, 3.05) is 47.3 Å². The van der Waals surface area contributed by atoms with Gasteiger partial charge < -0.3 is 10.2 Å². The van der Waals surface area contributed by atoms with Gasteiger partial charge in [-0.25, -0.2) is 0 Å². The average molecular weight is 226 g/mol. The Hall–Kier alpha value is -1.12. The Balaban J connectivity index is 3.72. The molecule has 0 spiro atoms. The molecule has 5 nitrogen and oxygen atoms in total. The molecule has 0 heterocycles. The number of hydrogen-bond acceptors (Lipinski definition) is 4. The van der Waals surface area contributed by atoms with Crippen LogP contribution in [-0.4, -0.2) is 63.0 Å². The highest BCUT2D eigenvalue weighted by atomic mass is 16.2. The minimum atomic E-state index is 0.0715. The molecule has 0 bridgehead atoms. The minimum Gasteiger partial charge on any atom is -0.344 e. The van der Waals surface area contributed by atoms with Gasteiger partial charge in [-0.3, -0.25) is 9.69 Å². The Bertz CT molecular complexity index is 237. The van der Waals surface area contributed by atoms with Crippen LogP contribution < -0.4 is 5.32 Å². The third kappa shape index (κ3) is 7.21. The van der Waals surface area contributed by atoms with Crippen LogP contribution in [0.3, 0.4) is 0 Å². The molecule has 0 aromatic rings. The Morgan fingerprint density at radius 1 is 1.38 bits per heavy atom. The fraction of sp³-hybridized carbons (Fsp3) is 0.818. The second kappa shape index (κ2) is 9.13. The Labute approximate surface area is 98.0 Å². The fourth-order valence-electron chi connectivity index (χ4n) is 1.30. The minimum absolute atomic E-state index is 0.0715. The zero-order valence-electron chi connectivity index (χ0n) is 10.5. The maximum absolute atomic E-state index is 11.7. The van der Waals surface area contributed by atoms with Crippen LogP contribution in [0.1, 0.15) is 12.8 Å². The summed E-state index contributed by atoms with van der Waals surface area (Å²) in [6, 6.07) is 2.03. The zero-order valence-corrected chi connectivity index (χ0v) is 10.5. The summed E-state index contributed by atoms with van der Waals surface area (Å²) < 4.78 is 0. The van der Waals surface area contributed by atoms with Crippen molar-refractivity contribution in [3.05, 3.63) is 0 Å². The van der Waals surface area contributed by atoms with E-state index in [0.717, 1.165) is 19.5 Å². The zero-order chi connectivity index (χ0) is 12.4. The van der Waals surface area contributed by atoms with Gasteiger partial charge in [0.05, 0.1) is 19.0 Å². The molecule has 0 aromatic heterocycles. The molecule has 0 radical (unpaired) electrons. The van der Waals surface area contributed by atoms with Crippen LogP contribution in [0.15, 0.2) is 0 Å². The molecular weight excluding hydrogens is 204 g/mol. The third-order valence-corrected chi connectivity index (χ3v) is 2.36. The number of nitrogens with one attached hydrogen (secondary N) is 1. The van der Waals surface area contributed by atoms with Crippen molar-refractivity contribution >= 4 is 5.91 Å². The number of amides is 1. The van der Waals surface area contributed by atoms with Crippen LogP contribution in [0.25, 0.3) is 0 Å². The Morgan fingerprint density at radius 2 is 2.06 bits per heavy atom. The van der Waals surface area contributed by atoms with Crippen molar-refractivity contribution < 1.29 is 4.79 Å². The van der Waals surface area contributed by atoms with Crippen molar-refractivity contribution in [2.24, 2.45) is 0 Å². The summed E-state index contributed by atoms with van der Waals surface area (Å²) in [7, 11) is 5.59. The third-order valence-electron chi connectivity index (χ3n) is 2.36. The Morgan fingerprint density at radius 3 is 2.62 bits per heavy atom. The maximum Gasteiger partial charge on any atom is 0.236 e. The smallest absolute Gasteiger partial charge is 0.236 e. The molecule has 0 atom stereocenters. The summed E-state index contributed by atoms with van der Waals surface area (Å²) in [5.74, 6) is 0.0715. The highest BCUT2D eigenvalue weighted by molar-refractivity contribution is 5.77. The van der Waals surface area contributed by atoms with E-state index >= 15 is 0 Å². The van der Waals surface area contributed by atoms with E-state index in [1.54, 1.807) is 11.9 Å². The number of nitrogens with zero attached hydrogens (tertiary/aromatic N) is 3. The first-order valence-corrected chi connectivity index (χ1v) is 5.56. The van der Waals surface area contributed by atoms with E-state index in [9.17, 15) is 4.79 Å². The first-order chi connectivity index (χ1) is 7.61. The predicted octanol–water partition coefficient (Wildman–Crippen LogP) is -0.100. The summed E-state index contributed by atoms with van der Waals surface area (Å²) in [6.07, 6.45) is 1.42. The van der Waals surface area contributed by atoms with Crippen LogP contribution in [0.4, 0.5) is 0 Å². The van der Waals surface area contributed by atoms with E-state index in [0.29, 0.717) is 19.5 Å². The molecule has 0 aromatic carbocycles. The van der Waals surface area contributed by atoms with E-state index in [-0.39, 0.29) is 5.91 Å². The van der Waals surface area contributed by atoms with Gasteiger partial charge in [0.25, 0.3) is 0 Å². The van der Waals surface area contributed by atoms with Gasteiger partial charge in [0, 0.05) is 13.6 Å². The largest absolute Gasteiger partial charge is 0.344 e. The van der Waals surface area contributed by atoms with Gasteiger partial charge in [-0.15, -0.1) is 0 Å². The maximum atomic E-state index is 11.7. The van der Waals surface area contributed by atoms with E-state index in [2.05, 4.69) is 5.32 Å². The molecule has 5 heteroatoms. The molecule has 0 unspecified atom stereocenters. The lowest BCUT2D eigenvalue weighted by molar-refractivity contribution is -0.130. The van der Waals surface area contributed by atoms with Crippen LogP contribution in [0.2, 0.25) is 0 Å². The molecule has 1 N–H and O–H groups in total. The Kier molecular flexibility index (Phi) is 8.49. The standard InChI is InChI=1S/C11H22N4O/c1-13-7-5-8-14(2)10-11(16)15(3)9-4-6-12/h13H,4-5,7-10H2,1-3H3. The van der Waals surface area contributed by atoms with Gasteiger partial charge in [0.15, 0.2) is 0 Å². The lowest BCUT2D eigenvalue weighted by atomic mass is 10.3. The number of likely N-dealkylation sites (N-methyl/N-ethyl adjacent to an activating group) is 2. The van der Waals surface area contributed by atoms with Gasteiger partial charge in [0.2, 0.25) is 5.91 Å². The number of hydrogen-bond donors (Lipinski definition) is 1. The summed E-state index contributed by atoms with van der Waals surface area (Å²) in [6.45, 7) is 2.80. The summed E-state index contributed by atoms with van der Waals surface area (Å²) in [5, 5.41) is 11.5. The van der Waals surface area contributed by atoms with Gasteiger partial charge in [-0.05, 0) is 33.6 Å². The van der Waals surface area contributed by atoms with Crippen molar-refractivity contribution in [1.29, 1.82) is 5.26 Å². The van der Waals surface area contributed by atoms with Crippen LogP contribution in [0.5, 0.6) is 0 Å². The second-order valence-electron chi connectivity index (χ2n) is 3.92. The molecule has 1 amide bonds. The van der Waals surface area contributed by atoms with Crippen molar-refractivity contribution in [3.8, 4) is 6.07 Å². The van der Waals surface area contributed by atoms with Crippen LogP contribution in [0, 0.1) is 11.3 Å². The molecule has 0 aliphatic rings. The lowest BCUT2D eigenvalue weighted by Crippen LogP contribution is -2.37. The summed E-state index contributed by atoms with van der Waals surface area (Å²) in [4.78, 5) is 15.3. The summed E-state index contributed by atoms with van der Waals surface area (Å²) >= 11 is 0. The topological polar surface area (TPSA) is 59.4 Å². The monoisotopic (exact) mass is 226 g/mol. The predicted molar refractivity (Wildman–Crippen MR) is 63.9 cm³/mol. The first-order valence-electron chi connectivity index (χ1n) is 5.56. The van der Waals surface area contributed by atoms with Crippen molar-refractivity contribution in [3.63, 3.8) is 0 Å². The molecule has 0 aliphatic heterocycles. The van der Waals surface area contributed by atoms with Crippen LogP contribution >= 0.6 is 0 Å². The number of rotatable bonds is 8. The first kappa shape index (κ1) is 14.9. The number of nitriles is 1. The summed E-state index contributed by atoms with van der Waals surface area (Å²) in [5.41, 5.74) is 0. The van der Waals surface area contributed by atoms with Gasteiger partial charge in [0.1, 0.15) is 0 Å². The van der Waals surface area contributed by atoms with E-state index < -0.39 is 0 Å². The average Bonchev–Trinajstić information content (AvgIpc) is 2.26. The van der Waals surface area contributed by atoms with Crippen molar-refractivity contribution in [2.45, 2.75) is 12.8 Å². The van der Waals surface area contributed by atoms with Gasteiger partial charge in [-0.2, -0.15) is 5.26 Å². The molecular formula is C11H22N4O. The highest BCUT2D eigenvalue weighted by Gasteiger charge is 2.10. The highest BCUT2D eigenvalue weighted by Crippen LogP contribution is 1.92. The SMILES string of the molecule is CNCCCN(C)CC(=O)N(C)CCC#N. The quantitative estimate of drug-likeness (QED) is 0.587. The van der Waals surface area contributed by atoms with E-state index in [1.807, 2.05) is 25.1 Å². The van der Waals surface area contributed by atoms with Gasteiger partial charge in [-0.1, -0.05) is 0 Å². The lowest BCUT2D eigenvalue weighted by Gasteiger charge is -2.21. The molecule has 0 fully saturated rings. The van der Waals surface area contributed by atoms with E-state index in [1.165, 1.54) is 0 Å². The van der Waals surface area contributed by atoms with Crippen molar-refractivity contribution in [1.82, 2.24) is 15.1 Å². The molecule has 0 saturated carbocycles. The van der Waals surface area contributed by atoms with Gasteiger partial charge >= 0.3 is 0 Å². The molecule has 0 saturated heterocycles. The normalized spacial score (nSPS) is 10.2. The molecule has 0 rings (SSSR count). The molecule has 0 aliphatic carbocycles.